The summed E-state index contributed by atoms with van der Waals surface area (Å²) in [5.41, 5.74) is 2.65. The molecule has 4 aliphatic carbocycles. The molecule has 1 N–H and O–H groups in total. The summed E-state index contributed by atoms with van der Waals surface area (Å²) in [5.74, 6) is 10.4. The second-order valence-corrected chi connectivity index (χ2v) is 12.7. The summed E-state index contributed by atoms with van der Waals surface area (Å²) in [5, 5.41) is 11.1. The van der Waals surface area contributed by atoms with Crippen molar-refractivity contribution in [1.82, 2.24) is 0 Å². The van der Waals surface area contributed by atoms with Gasteiger partial charge in [-0.25, -0.2) is 0 Å². The summed E-state index contributed by atoms with van der Waals surface area (Å²) in [6, 6.07) is 8.33. The first-order valence-electron chi connectivity index (χ1n) is 13.6. The highest BCUT2D eigenvalue weighted by atomic mass is 16.3. The Morgan fingerprint density at radius 2 is 1.62 bits per heavy atom. The molecule has 0 spiro atoms. The van der Waals surface area contributed by atoms with Gasteiger partial charge in [-0.3, -0.25) is 4.79 Å². The number of para-hydroxylation sites is 1. The van der Waals surface area contributed by atoms with E-state index in [-0.39, 0.29) is 28.8 Å². The number of anilines is 1. The van der Waals surface area contributed by atoms with Crippen LogP contribution in [0.1, 0.15) is 77.7 Å². The minimum Gasteiger partial charge on any atom is -0.392 e. The smallest absolute Gasteiger partial charge is 0.133 e. The number of nitrogens with zero attached hydrogens (tertiary/aromatic N) is 1. The number of hydrogen-bond donors (Lipinski definition) is 1. The number of aliphatic hydroxyl groups is 1. The standard InChI is InChI=1S/C31H43NO2/c1-20(33)24-14-15-25-22-12-13-26-23(11-10-21-8-6-7-9-28(21)32(4)5)29(34)17-19-31(26,3)27(22)16-18-30(24,25)2/h6-9,22-27,29,34H,12-19H2,1-5H3/t22?,23?,24-,25?,26-,27?,29-,30-,31+/m1/s1. The van der Waals surface area contributed by atoms with E-state index in [9.17, 15) is 9.90 Å². The Kier molecular flexibility index (Phi) is 6.12. The van der Waals surface area contributed by atoms with Crippen molar-refractivity contribution in [2.75, 3.05) is 19.0 Å². The third kappa shape index (κ3) is 3.63. The van der Waals surface area contributed by atoms with Gasteiger partial charge in [-0.15, -0.1) is 0 Å². The first-order valence-corrected chi connectivity index (χ1v) is 13.6. The van der Waals surface area contributed by atoms with Crippen molar-refractivity contribution in [3.05, 3.63) is 29.8 Å². The highest BCUT2D eigenvalue weighted by molar-refractivity contribution is 5.79. The van der Waals surface area contributed by atoms with Crippen LogP contribution in [0.25, 0.3) is 0 Å². The maximum atomic E-state index is 12.4. The van der Waals surface area contributed by atoms with Gasteiger partial charge in [-0.05, 0) is 105 Å². The fourth-order valence-electron chi connectivity index (χ4n) is 9.35. The number of hydrogen-bond acceptors (Lipinski definition) is 3. The molecule has 0 radical (unpaired) electrons. The molecule has 0 amide bonds. The molecule has 5 rings (SSSR count). The average molecular weight is 462 g/mol. The molecule has 0 aliphatic heterocycles. The Labute approximate surface area is 206 Å². The Hall–Kier alpha value is -1.79. The minimum absolute atomic E-state index is 0.0526. The van der Waals surface area contributed by atoms with Crippen LogP contribution in [-0.4, -0.2) is 31.1 Å². The molecule has 4 saturated carbocycles. The quantitative estimate of drug-likeness (QED) is 0.554. The van der Waals surface area contributed by atoms with E-state index < -0.39 is 0 Å². The van der Waals surface area contributed by atoms with E-state index in [4.69, 9.17) is 0 Å². The van der Waals surface area contributed by atoms with Gasteiger partial charge in [0.1, 0.15) is 5.78 Å². The van der Waals surface area contributed by atoms with Crippen LogP contribution in [0, 0.1) is 58.2 Å². The number of benzene rings is 1. The van der Waals surface area contributed by atoms with Gasteiger partial charge in [0.05, 0.1) is 11.8 Å². The molecule has 0 aromatic heterocycles. The first kappa shape index (κ1) is 23.9. The molecule has 1 aromatic rings. The Morgan fingerprint density at radius 3 is 2.35 bits per heavy atom. The summed E-state index contributed by atoms with van der Waals surface area (Å²) in [6.45, 7) is 6.79. The van der Waals surface area contributed by atoms with Gasteiger partial charge in [0, 0.05) is 31.5 Å². The maximum Gasteiger partial charge on any atom is 0.133 e. The highest BCUT2D eigenvalue weighted by Gasteiger charge is 2.62. The largest absolute Gasteiger partial charge is 0.392 e. The molecular formula is C31H43NO2. The normalized spacial score (nSPS) is 43.1. The lowest BCUT2D eigenvalue weighted by Gasteiger charge is -2.62. The Morgan fingerprint density at radius 1 is 0.941 bits per heavy atom. The van der Waals surface area contributed by atoms with E-state index in [1.54, 1.807) is 0 Å². The number of rotatable bonds is 2. The van der Waals surface area contributed by atoms with Crippen LogP contribution in [0.15, 0.2) is 24.3 Å². The van der Waals surface area contributed by atoms with Crippen molar-refractivity contribution < 1.29 is 9.90 Å². The molecule has 1 aromatic carbocycles. The zero-order chi connectivity index (χ0) is 24.3. The molecule has 9 atom stereocenters. The van der Waals surface area contributed by atoms with Crippen molar-refractivity contribution in [3.8, 4) is 11.8 Å². The molecule has 4 aliphatic rings. The molecule has 3 heteroatoms. The van der Waals surface area contributed by atoms with Gasteiger partial charge in [-0.1, -0.05) is 37.8 Å². The number of aliphatic hydroxyl groups excluding tert-OH is 1. The first-order chi connectivity index (χ1) is 16.2. The summed E-state index contributed by atoms with van der Waals surface area (Å²) < 4.78 is 0. The molecular weight excluding hydrogens is 418 g/mol. The molecule has 3 nitrogen and oxygen atoms in total. The summed E-state index contributed by atoms with van der Waals surface area (Å²) in [4.78, 5) is 14.6. The number of ketones is 1. The fraction of sp³-hybridized carbons (Fsp3) is 0.710. The molecule has 0 bridgehead atoms. The van der Waals surface area contributed by atoms with E-state index in [0.29, 0.717) is 23.5 Å². The van der Waals surface area contributed by atoms with Crippen LogP contribution in [0.3, 0.4) is 0 Å². The zero-order valence-electron chi connectivity index (χ0n) is 21.8. The zero-order valence-corrected chi connectivity index (χ0v) is 21.8. The summed E-state index contributed by atoms with van der Waals surface area (Å²) >= 11 is 0. The van der Waals surface area contributed by atoms with Gasteiger partial charge in [-0.2, -0.15) is 0 Å². The third-order valence-electron chi connectivity index (χ3n) is 11.0. The lowest BCUT2D eigenvalue weighted by atomic mass is 9.43. The third-order valence-corrected chi connectivity index (χ3v) is 11.0. The molecule has 4 unspecified atom stereocenters. The molecule has 4 fully saturated rings. The predicted molar refractivity (Wildman–Crippen MR) is 138 cm³/mol. The van der Waals surface area contributed by atoms with Gasteiger partial charge in [0.2, 0.25) is 0 Å². The highest BCUT2D eigenvalue weighted by Crippen LogP contribution is 2.68. The predicted octanol–water partition coefficient (Wildman–Crippen LogP) is 5.94. The van der Waals surface area contributed by atoms with E-state index in [1.165, 1.54) is 32.1 Å². The average Bonchev–Trinajstić information content (AvgIpc) is 3.16. The van der Waals surface area contributed by atoms with Gasteiger partial charge in [0.25, 0.3) is 0 Å². The SMILES string of the molecule is CC(=O)[C@H]1CCC2C3CC[C@@H]4C(C#Cc5ccccc5N(C)C)[C@H](O)CC[C@]4(C)C3CC[C@@]21C. The topological polar surface area (TPSA) is 40.5 Å². The van der Waals surface area contributed by atoms with Gasteiger partial charge in [0.15, 0.2) is 0 Å². The number of carbonyl (C=O) groups excluding carboxylic acids is 1. The molecule has 0 saturated heterocycles. The lowest BCUT2D eigenvalue weighted by Crippen LogP contribution is -2.56. The maximum absolute atomic E-state index is 12.4. The van der Waals surface area contributed by atoms with Crippen LogP contribution < -0.4 is 4.90 Å². The van der Waals surface area contributed by atoms with E-state index >= 15 is 0 Å². The van der Waals surface area contributed by atoms with Crippen LogP contribution >= 0.6 is 0 Å². The van der Waals surface area contributed by atoms with Gasteiger partial charge >= 0.3 is 0 Å². The monoisotopic (exact) mass is 461 g/mol. The fourth-order valence-corrected chi connectivity index (χ4v) is 9.35. The van der Waals surface area contributed by atoms with E-state index in [2.05, 4.69) is 68.9 Å². The van der Waals surface area contributed by atoms with Crippen LogP contribution in [-0.2, 0) is 4.79 Å². The Balaban J connectivity index is 1.43. The number of fused-ring (bicyclic) bond motifs is 5. The molecule has 184 valence electrons. The van der Waals surface area contributed by atoms with Crippen molar-refractivity contribution in [1.29, 1.82) is 0 Å². The number of Topliss-reactive ketones (excluding diaryl/α,β-unsaturated/α-hetero) is 1. The minimum atomic E-state index is -0.323. The number of carbonyl (C=O) groups is 1. The van der Waals surface area contributed by atoms with E-state index in [1.807, 2.05) is 6.92 Å². The van der Waals surface area contributed by atoms with Crippen LogP contribution in [0.5, 0.6) is 0 Å². The molecule has 34 heavy (non-hydrogen) atoms. The Bertz CT molecular complexity index is 1000. The summed E-state index contributed by atoms with van der Waals surface area (Å²) in [6.07, 6.45) is 8.84. The lowest BCUT2D eigenvalue weighted by molar-refractivity contribution is -0.146. The second-order valence-electron chi connectivity index (χ2n) is 12.7. The van der Waals surface area contributed by atoms with E-state index in [0.717, 1.165) is 36.4 Å². The van der Waals surface area contributed by atoms with Crippen molar-refractivity contribution in [3.63, 3.8) is 0 Å². The molecule has 0 heterocycles. The van der Waals surface area contributed by atoms with Crippen molar-refractivity contribution in [2.24, 2.45) is 46.3 Å². The second kappa shape index (κ2) is 8.70. The van der Waals surface area contributed by atoms with Crippen molar-refractivity contribution in [2.45, 2.75) is 78.2 Å². The van der Waals surface area contributed by atoms with Crippen LogP contribution in [0.2, 0.25) is 0 Å². The van der Waals surface area contributed by atoms with Gasteiger partial charge < -0.3 is 10.0 Å². The van der Waals surface area contributed by atoms with Crippen LogP contribution in [0.4, 0.5) is 5.69 Å². The van der Waals surface area contributed by atoms with Crippen molar-refractivity contribution >= 4 is 11.5 Å². The summed E-state index contributed by atoms with van der Waals surface area (Å²) in [7, 11) is 4.12.